The second-order valence-electron chi connectivity index (χ2n) is 11.3. The highest BCUT2D eigenvalue weighted by Gasteiger charge is 2.43. The summed E-state index contributed by atoms with van der Waals surface area (Å²) in [5, 5.41) is 21.4. The Morgan fingerprint density at radius 2 is 1.40 bits per heavy atom. The molecule has 1 saturated carbocycles. The van der Waals surface area contributed by atoms with Gasteiger partial charge in [-0.3, -0.25) is 0 Å². The summed E-state index contributed by atoms with van der Waals surface area (Å²) in [4.78, 5) is 0. The molecule has 3 aromatic carbocycles. The number of fused-ring (bicyclic) bond motifs is 2. The van der Waals surface area contributed by atoms with Crippen LogP contribution >= 0.6 is 0 Å². The third kappa shape index (κ3) is 5.48. The van der Waals surface area contributed by atoms with Crippen LogP contribution in [0.3, 0.4) is 0 Å². The molecule has 2 unspecified atom stereocenters. The molecule has 1 aliphatic heterocycles. The minimum Gasteiger partial charge on any atom is -0.507 e. The molecule has 40 heavy (non-hydrogen) atoms. The van der Waals surface area contributed by atoms with Crippen LogP contribution in [0.4, 0.5) is 0 Å². The smallest absolute Gasteiger partial charge is 0.164 e. The highest BCUT2D eigenvalue weighted by atomic mass is 16.5. The average Bonchev–Trinajstić information content (AvgIpc) is 2.94. The molecule has 2 aliphatic rings. The molecule has 0 bridgehead atoms. The first kappa shape index (κ1) is 27.5. The lowest BCUT2D eigenvalue weighted by atomic mass is 9.64. The van der Waals surface area contributed by atoms with Crippen LogP contribution in [-0.4, -0.2) is 37.6 Å². The normalized spacial score (nSPS) is 19.6. The fraction of sp³-hybridized carbons (Fsp3) is 0.353. The van der Waals surface area contributed by atoms with E-state index in [0.717, 1.165) is 41.0 Å². The number of rotatable bonds is 7. The van der Waals surface area contributed by atoms with E-state index in [0.29, 0.717) is 28.5 Å². The quantitative estimate of drug-likeness (QED) is 0.300. The largest absolute Gasteiger partial charge is 0.507 e. The van der Waals surface area contributed by atoms with Crippen LogP contribution in [0.25, 0.3) is 24.3 Å². The van der Waals surface area contributed by atoms with Crippen LogP contribution in [0.5, 0.6) is 34.5 Å². The van der Waals surface area contributed by atoms with Gasteiger partial charge in [-0.2, -0.15) is 0 Å². The first-order chi connectivity index (χ1) is 19.2. The van der Waals surface area contributed by atoms with Gasteiger partial charge in [0.1, 0.15) is 17.6 Å². The first-order valence-electron chi connectivity index (χ1n) is 13.7. The zero-order chi connectivity index (χ0) is 28.4. The third-order valence-electron chi connectivity index (χ3n) is 8.32. The van der Waals surface area contributed by atoms with Gasteiger partial charge in [-0.05, 0) is 95.8 Å². The summed E-state index contributed by atoms with van der Waals surface area (Å²) in [7, 11) is 4.84. The molecule has 2 N–H and O–H groups in total. The van der Waals surface area contributed by atoms with Gasteiger partial charge in [0, 0.05) is 5.92 Å². The molecule has 0 radical (unpaired) electrons. The zero-order valence-corrected chi connectivity index (χ0v) is 23.9. The lowest BCUT2D eigenvalue weighted by Gasteiger charge is -2.47. The predicted molar refractivity (Wildman–Crippen MR) is 159 cm³/mol. The summed E-state index contributed by atoms with van der Waals surface area (Å²) in [5.74, 6) is 3.28. The van der Waals surface area contributed by atoms with Crippen molar-refractivity contribution in [3.8, 4) is 34.5 Å². The topological polar surface area (TPSA) is 77.4 Å². The van der Waals surface area contributed by atoms with Crippen molar-refractivity contribution in [2.24, 2.45) is 11.3 Å². The number of ether oxygens (including phenoxy) is 4. The molecule has 0 saturated heterocycles. The Bertz CT molecular complexity index is 1430. The van der Waals surface area contributed by atoms with Crippen LogP contribution in [0.1, 0.15) is 60.9 Å². The number of hydrogen-bond donors (Lipinski definition) is 2. The molecular weight excluding hydrogens is 504 g/mol. The molecule has 5 rings (SSSR count). The Hall–Kier alpha value is -4.06. The number of benzene rings is 3. The highest BCUT2D eigenvalue weighted by Crippen LogP contribution is 2.50. The Kier molecular flexibility index (Phi) is 7.70. The number of aromatic hydroxyl groups is 2. The summed E-state index contributed by atoms with van der Waals surface area (Å²) >= 11 is 0. The summed E-state index contributed by atoms with van der Waals surface area (Å²) in [6.45, 7) is 4.70. The molecule has 0 aromatic heterocycles. The van der Waals surface area contributed by atoms with Crippen LogP contribution in [0.2, 0.25) is 0 Å². The molecule has 6 heteroatoms. The van der Waals surface area contributed by atoms with Crippen molar-refractivity contribution in [2.45, 2.75) is 45.6 Å². The van der Waals surface area contributed by atoms with Gasteiger partial charge in [0.15, 0.2) is 23.0 Å². The third-order valence-corrected chi connectivity index (χ3v) is 8.32. The molecule has 0 amide bonds. The number of phenols is 2. The molecular formula is C34H38O6. The van der Waals surface area contributed by atoms with Gasteiger partial charge in [0.2, 0.25) is 0 Å². The number of methoxy groups -OCH3 is 3. The molecule has 210 valence electrons. The van der Waals surface area contributed by atoms with E-state index in [1.54, 1.807) is 45.6 Å². The van der Waals surface area contributed by atoms with Gasteiger partial charge in [0.05, 0.1) is 26.9 Å². The molecule has 1 aliphatic carbocycles. The van der Waals surface area contributed by atoms with Crippen LogP contribution in [0, 0.1) is 11.3 Å². The lowest BCUT2D eigenvalue weighted by Crippen LogP contribution is -2.45. The lowest BCUT2D eigenvalue weighted by molar-refractivity contribution is -0.00708. The minimum atomic E-state index is -0.0154. The van der Waals surface area contributed by atoms with E-state index in [1.807, 2.05) is 36.4 Å². The molecule has 2 atom stereocenters. The van der Waals surface area contributed by atoms with Gasteiger partial charge in [-0.15, -0.1) is 0 Å². The zero-order valence-electron chi connectivity index (χ0n) is 23.9. The SMILES string of the molecule is COc1ccc(/C=C/c2c(O)cc(/C=C/c3cc4c(c(OC)c3)OC3CCCC(C)(C)C3C4)cc2O)cc1OC. The van der Waals surface area contributed by atoms with Crippen molar-refractivity contribution in [3.05, 3.63) is 70.3 Å². The van der Waals surface area contributed by atoms with Gasteiger partial charge >= 0.3 is 0 Å². The monoisotopic (exact) mass is 542 g/mol. The van der Waals surface area contributed by atoms with Gasteiger partial charge in [-0.1, -0.05) is 38.1 Å². The first-order valence-corrected chi connectivity index (χ1v) is 13.7. The van der Waals surface area contributed by atoms with Crippen LogP contribution < -0.4 is 18.9 Å². The fourth-order valence-corrected chi connectivity index (χ4v) is 6.04. The average molecular weight is 543 g/mol. The van der Waals surface area contributed by atoms with E-state index in [9.17, 15) is 10.2 Å². The fourth-order valence-electron chi connectivity index (χ4n) is 6.04. The van der Waals surface area contributed by atoms with E-state index in [-0.39, 0.29) is 23.0 Å². The van der Waals surface area contributed by atoms with E-state index in [2.05, 4.69) is 19.9 Å². The van der Waals surface area contributed by atoms with E-state index in [4.69, 9.17) is 18.9 Å². The molecule has 6 nitrogen and oxygen atoms in total. The number of hydrogen-bond acceptors (Lipinski definition) is 6. The van der Waals surface area contributed by atoms with E-state index < -0.39 is 0 Å². The van der Waals surface area contributed by atoms with Gasteiger partial charge in [-0.25, -0.2) is 0 Å². The van der Waals surface area contributed by atoms with Crippen molar-refractivity contribution in [2.75, 3.05) is 21.3 Å². The maximum Gasteiger partial charge on any atom is 0.164 e. The predicted octanol–water partition coefficient (Wildman–Crippen LogP) is 7.59. The van der Waals surface area contributed by atoms with E-state index in [1.165, 1.54) is 12.8 Å². The summed E-state index contributed by atoms with van der Waals surface area (Å²) < 4.78 is 22.9. The Labute approximate surface area is 236 Å². The second-order valence-corrected chi connectivity index (χ2v) is 11.3. The molecule has 3 aromatic rings. The maximum atomic E-state index is 10.7. The van der Waals surface area contributed by atoms with Gasteiger partial charge in [0.25, 0.3) is 0 Å². The number of phenolic OH excluding ortho intramolecular Hbond substituents is 2. The van der Waals surface area contributed by atoms with Crippen LogP contribution in [-0.2, 0) is 6.42 Å². The second kappa shape index (κ2) is 11.2. The van der Waals surface area contributed by atoms with Crippen molar-refractivity contribution >= 4 is 24.3 Å². The highest BCUT2D eigenvalue weighted by molar-refractivity contribution is 5.80. The Balaban J connectivity index is 1.38. The Morgan fingerprint density at radius 1 is 0.775 bits per heavy atom. The summed E-state index contributed by atoms with van der Waals surface area (Å²) in [5.41, 5.74) is 4.24. The van der Waals surface area contributed by atoms with Crippen molar-refractivity contribution < 1.29 is 29.2 Å². The summed E-state index contributed by atoms with van der Waals surface area (Å²) in [6, 6.07) is 12.9. The molecule has 1 fully saturated rings. The minimum absolute atomic E-state index is 0.0154. The standard InChI is InChI=1S/C34H38O6/c1-34(2)14-6-7-29-26(34)20-24-15-22(19-32(39-5)33(24)40-29)8-9-23-16-27(35)25(28(36)17-23)12-10-21-11-13-30(37-3)31(18-21)38-4/h8-13,15-19,26,29,35-36H,6-7,14,20H2,1-5H3/b9-8+,12-10+. The Morgan fingerprint density at radius 3 is 2.08 bits per heavy atom. The van der Waals surface area contributed by atoms with Gasteiger partial charge < -0.3 is 29.2 Å². The van der Waals surface area contributed by atoms with Crippen molar-refractivity contribution in [1.82, 2.24) is 0 Å². The molecule has 0 spiro atoms. The van der Waals surface area contributed by atoms with Crippen LogP contribution in [0.15, 0.2) is 42.5 Å². The molecule has 1 heterocycles. The summed E-state index contributed by atoms with van der Waals surface area (Å²) in [6.07, 6.45) is 12.0. The van der Waals surface area contributed by atoms with Crippen molar-refractivity contribution in [1.29, 1.82) is 0 Å². The van der Waals surface area contributed by atoms with E-state index >= 15 is 0 Å². The maximum absolute atomic E-state index is 10.7. The van der Waals surface area contributed by atoms with Crippen molar-refractivity contribution in [3.63, 3.8) is 0 Å².